The van der Waals surface area contributed by atoms with Crippen molar-refractivity contribution in [2.75, 3.05) is 11.4 Å². The number of halogens is 1. The minimum Gasteiger partial charge on any atom is -0.344 e. The van der Waals surface area contributed by atoms with Gasteiger partial charge in [0.05, 0.1) is 17.1 Å². The first-order valence-electron chi connectivity index (χ1n) is 7.81. The number of nitrogens with zero attached hydrogens (tertiary/aromatic N) is 2. The smallest absolute Gasteiger partial charge is 0.249 e. The molecule has 1 saturated heterocycles. The van der Waals surface area contributed by atoms with E-state index < -0.39 is 6.04 Å². The van der Waals surface area contributed by atoms with Crippen molar-refractivity contribution >= 4 is 29.1 Å². The van der Waals surface area contributed by atoms with Crippen LogP contribution in [-0.2, 0) is 16.0 Å². The molecule has 1 N–H and O–H groups in total. The Morgan fingerprint density at radius 1 is 1.33 bits per heavy atom. The normalized spacial score (nSPS) is 17.2. The summed E-state index contributed by atoms with van der Waals surface area (Å²) in [5.74, 6) is -0.307. The summed E-state index contributed by atoms with van der Waals surface area (Å²) in [7, 11) is 0. The fourth-order valence-electron chi connectivity index (χ4n) is 2.76. The van der Waals surface area contributed by atoms with E-state index in [1.807, 2.05) is 37.3 Å². The average Bonchev–Trinajstić information content (AvgIpc) is 2.91. The zero-order chi connectivity index (χ0) is 17.1. The summed E-state index contributed by atoms with van der Waals surface area (Å²) in [4.78, 5) is 30.5. The molecule has 3 rings (SSSR count). The highest BCUT2D eigenvalue weighted by molar-refractivity contribution is 6.34. The summed E-state index contributed by atoms with van der Waals surface area (Å²) in [5.41, 5.74) is 2.41. The molecular weight excluding hydrogens is 326 g/mol. The van der Waals surface area contributed by atoms with E-state index in [0.29, 0.717) is 23.7 Å². The second kappa shape index (κ2) is 7.01. The van der Waals surface area contributed by atoms with Gasteiger partial charge in [-0.05, 0) is 37.1 Å². The summed E-state index contributed by atoms with van der Waals surface area (Å²) in [6.45, 7) is 2.43. The molecule has 0 aliphatic carbocycles. The minimum absolute atomic E-state index is 0.126. The van der Waals surface area contributed by atoms with E-state index in [2.05, 4.69) is 10.3 Å². The number of carbonyl (C=O) groups excluding carboxylic acids is 2. The van der Waals surface area contributed by atoms with E-state index in [0.717, 1.165) is 11.3 Å². The quantitative estimate of drug-likeness (QED) is 0.927. The highest BCUT2D eigenvalue weighted by atomic mass is 35.5. The highest BCUT2D eigenvalue weighted by Crippen LogP contribution is 2.28. The number of pyridine rings is 1. The van der Waals surface area contributed by atoms with Crippen LogP contribution in [0.15, 0.2) is 42.6 Å². The van der Waals surface area contributed by atoms with Crippen LogP contribution in [0.2, 0.25) is 5.02 Å². The van der Waals surface area contributed by atoms with Crippen molar-refractivity contribution in [1.82, 2.24) is 10.3 Å². The number of anilines is 1. The number of aryl methyl sites for hydroxylation is 1. The van der Waals surface area contributed by atoms with Gasteiger partial charge in [-0.25, -0.2) is 0 Å². The molecule has 124 valence electrons. The Morgan fingerprint density at radius 2 is 2.12 bits per heavy atom. The van der Waals surface area contributed by atoms with Gasteiger partial charge in [0.25, 0.3) is 0 Å². The third kappa shape index (κ3) is 3.57. The van der Waals surface area contributed by atoms with Crippen molar-refractivity contribution < 1.29 is 9.59 Å². The van der Waals surface area contributed by atoms with Crippen LogP contribution in [0, 0.1) is 6.92 Å². The highest BCUT2D eigenvalue weighted by Gasteiger charge is 2.34. The summed E-state index contributed by atoms with van der Waals surface area (Å²) < 4.78 is 0. The van der Waals surface area contributed by atoms with E-state index in [1.54, 1.807) is 17.2 Å². The van der Waals surface area contributed by atoms with Crippen LogP contribution < -0.4 is 10.2 Å². The van der Waals surface area contributed by atoms with Gasteiger partial charge in [0.15, 0.2) is 0 Å². The fourth-order valence-corrected chi connectivity index (χ4v) is 3.00. The third-order valence-corrected chi connectivity index (χ3v) is 4.34. The lowest BCUT2D eigenvalue weighted by Gasteiger charge is -2.18. The lowest BCUT2D eigenvalue weighted by Crippen LogP contribution is -2.42. The van der Waals surface area contributed by atoms with Crippen molar-refractivity contribution in [3.05, 3.63) is 58.9 Å². The van der Waals surface area contributed by atoms with Gasteiger partial charge < -0.3 is 10.2 Å². The van der Waals surface area contributed by atoms with E-state index in [9.17, 15) is 9.59 Å². The Labute approximate surface area is 145 Å². The predicted molar refractivity (Wildman–Crippen MR) is 93.0 cm³/mol. The van der Waals surface area contributed by atoms with Crippen molar-refractivity contribution in [3.63, 3.8) is 0 Å². The van der Waals surface area contributed by atoms with Crippen LogP contribution in [0.5, 0.6) is 0 Å². The molecule has 0 radical (unpaired) electrons. The molecule has 1 aromatic carbocycles. The molecule has 1 aliphatic heterocycles. The number of amides is 2. The van der Waals surface area contributed by atoms with Gasteiger partial charge in [-0.3, -0.25) is 14.6 Å². The van der Waals surface area contributed by atoms with Crippen molar-refractivity contribution in [1.29, 1.82) is 0 Å². The monoisotopic (exact) mass is 343 g/mol. The number of hydrogen-bond acceptors (Lipinski definition) is 3. The molecule has 1 atom stereocenters. The van der Waals surface area contributed by atoms with Gasteiger partial charge in [-0.15, -0.1) is 0 Å². The summed E-state index contributed by atoms with van der Waals surface area (Å²) >= 11 is 6.15. The molecule has 0 bridgehead atoms. The molecule has 24 heavy (non-hydrogen) atoms. The van der Waals surface area contributed by atoms with E-state index in [-0.39, 0.29) is 18.2 Å². The predicted octanol–water partition coefficient (Wildman–Crippen LogP) is 2.51. The van der Waals surface area contributed by atoms with Crippen LogP contribution in [0.25, 0.3) is 0 Å². The second-order valence-electron chi connectivity index (χ2n) is 5.83. The van der Waals surface area contributed by atoms with Gasteiger partial charge in [0, 0.05) is 18.4 Å². The topological polar surface area (TPSA) is 62.3 Å². The summed E-state index contributed by atoms with van der Waals surface area (Å²) in [6.07, 6.45) is 2.46. The largest absolute Gasteiger partial charge is 0.344 e. The van der Waals surface area contributed by atoms with Gasteiger partial charge in [-0.2, -0.15) is 0 Å². The molecule has 6 heteroatoms. The first-order valence-corrected chi connectivity index (χ1v) is 8.19. The number of benzene rings is 1. The summed E-state index contributed by atoms with van der Waals surface area (Å²) in [5, 5.41) is 3.34. The van der Waals surface area contributed by atoms with Crippen LogP contribution in [0.1, 0.15) is 17.7 Å². The maximum Gasteiger partial charge on any atom is 0.249 e. The maximum atomic E-state index is 12.5. The zero-order valence-corrected chi connectivity index (χ0v) is 14.1. The molecule has 1 aliphatic rings. The fraction of sp³-hybridized carbons (Fsp3) is 0.278. The Bertz CT molecular complexity index is 761. The summed E-state index contributed by atoms with van der Waals surface area (Å²) in [6, 6.07) is 10.4. The Morgan fingerprint density at radius 3 is 2.83 bits per heavy atom. The molecule has 5 nitrogen and oxygen atoms in total. The number of nitrogens with one attached hydrogen (secondary N) is 1. The van der Waals surface area contributed by atoms with Crippen LogP contribution in [0.4, 0.5) is 5.69 Å². The van der Waals surface area contributed by atoms with Crippen LogP contribution in [0.3, 0.4) is 0 Å². The molecule has 2 amide bonds. The van der Waals surface area contributed by atoms with Crippen molar-refractivity contribution in [3.8, 4) is 0 Å². The third-order valence-electron chi connectivity index (χ3n) is 4.02. The molecule has 0 saturated carbocycles. The minimum atomic E-state index is -0.507. The van der Waals surface area contributed by atoms with Gasteiger partial charge >= 0.3 is 0 Å². The average molecular weight is 344 g/mol. The number of aromatic nitrogens is 1. The standard InChI is InChI=1S/C18H18ClN3O2/c1-12-6-7-13(11-20-12)10-17(23)21-15-8-9-22(18(15)24)16-5-3-2-4-14(16)19/h2-7,11,15H,8-10H2,1H3,(H,21,23)/t15-/m0/s1. The van der Waals surface area contributed by atoms with E-state index in [4.69, 9.17) is 11.6 Å². The van der Waals surface area contributed by atoms with E-state index >= 15 is 0 Å². The lowest BCUT2D eigenvalue weighted by atomic mass is 10.1. The van der Waals surface area contributed by atoms with Gasteiger partial charge in [0.2, 0.25) is 11.8 Å². The van der Waals surface area contributed by atoms with Crippen molar-refractivity contribution in [2.45, 2.75) is 25.8 Å². The maximum absolute atomic E-state index is 12.5. The Balaban J connectivity index is 1.62. The second-order valence-corrected chi connectivity index (χ2v) is 6.24. The number of carbonyl (C=O) groups is 2. The lowest BCUT2D eigenvalue weighted by molar-refractivity contribution is -0.126. The molecular formula is C18H18ClN3O2. The number of para-hydroxylation sites is 1. The van der Waals surface area contributed by atoms with Crippen LogP contribution in [-0.4, -0.2) is 29.4 Å². The molecule has 2 heterocycles. The molecule has 0 spiro atoms. The Hall–Kier alpha value is -2.40. The van der Waals surface area contributed by atoms with Gasteiger partial charge in [-0.1, -0.05) is 29.8 Å². The zero-order valence-electron chi connectivity index (χ0n) is 13.3. The molecule has 0 unspecified atom stereocenters. The molecule has 2 aromatic rings. The first kappa shape index (κ1) is 16.5. The SMILES string of the molecule is Cc1ccc(CC(=O)N[C@H]2CCN(c3ccccc3Cl)C2=O)cn1. The van der Waals surface area contributed by atoms with Crippen LogP contribution >= 0.6 is 11.6 Å². The van der Waals surface area contributed by atoms with Crippen molar-refractivity contribution in [2.24, 2.45) is 0 Å². The van der Waals surface area contributed by atoms with Gasteiger partial charge in [0.1, 0.15) is 6.04 Å². The number of rotatable bonds is 4. The Kier molecular flexibility index (Phi) is 4.81. The van der Waals surface area contributed by atoms with E-state index in [1.165, 1.54) is 0 Å². The first-order chi connectivity index (χ1) is 11.5. The molecule has 1 fully saturated rings. The molecule has 1 aromatic heterocycles. The number of hydrogen-bond donors (Lipinski definition) is 1.